The van der Waals surface area contributed by atoms with Gasteiger partial charge in [-0.05, 0) is 39.6 Å². The first-order valence-electron chi connectivity index (χ1n) is 4.44. The Hall–Kier alpha value is -1.03. The average Bonchev–Trinajstić information content (AvgIpc) is 2.49. The van der Waals surface area contributed by atoms with Crippen LogP contribution in [0.3, 0.4) is 0 Å². The van der Waals surface area contributed by atoms with Crippen molar-refractivity contribution in [3.63, 3.8) is 0 Å². The summed E-state index contributed by atoms with van der Waals surface area (Å²) < 4.78 is 1.76. The van der Waals surface area contributed by atoms with Gasteiger partial charge in [0.15, 0.2) is 5.78 Å². The van der Waals surface area contributed by atoms with E-state index < -0.39 is 0 Å². The fourth-order valence-electron chi connectivity index (χ4n) is 0.855. The summed E-state index contributed by atoms with van der Waals surface area (Å²) in [6.45, 7) is 0. The van der Waals surface area contributed by atoms with Gasteiger partial charge in [0.25, 0.3) is 0 Å². The van der Waals surface area contributed by atoms with Crippen molar-refractivity contribution in [2.24, 2.45) is 7.05 Å². The molecule has 3 nitrogen and oxygen atoms in total. The Bertz CT molecular complexity index is 279. The molecule has 76 valence electrons. The van der Waals surface area contributed by atoms with E-state index in [1.165, 1.54) is 0 Å². The van der Waals surface area contributed by atoms with Gasteiger partial charge in [-0.15, -0.1) is 0 Å². The van der Waals surface area contributed by atoms with Crippen molar-refractivity contribution in [1.82, 2.24) is 9.47 Å². The molecule has 0 amide bonds. The van der Waals surface area contributed by atoms with Gasteiger partial charge in [-0.1, -0.05) is 0 Å². The van der Waals surface area contributed by atoms with Crippen LogP contribution < -0.4 is 0 Å². The third-order valence-electron chi connectivity index (χ3n) is 1.41. The Morgan fingerprint density at radius 2 is 2.00 bits per heavy atom. The summed E-state index contributed by atoms with van der Waals surface area (Å²) in [6, 6.07) is 3.58. The molecule has 0 saturated heterocycles. The Labute approximate surface area is 87.1 Å². The van der Waals surface area contributed by atoms with Crippen LogP contribution in [0.15, 0.2) is 18.3 Å². The lowest BCUT2D eigenvalue weighted by Gasteiger charge is -1.97. The fraction of sp³-hybridized carbons (Fsp3) is 0.500. The number of hydrogen-bond donors (Lipinski definition) is 0. The van der Waals surface area contributed by atoms with E-state index in [4.69, 9.17) is 7.85 Å². The third-order valence-corrected chi connectivity index (χ3v) is 1.41. The van der Waals surface area contributed by atoms with Gasteiger partial charge in [-0.3, -0.25) is 4.79 Å². The fourth-order valence-corrected chi connectivity index (χ4v) is 0.855. The predicted molar refractivity (Wildman–Crippen MR) is 59.9 cm³/mol. The average molecular weight is 192 g/mol. The zero-order chi connectivity index (χ0) is 11.1. The van der Waals surface area contributed by atoms with Crippen LogP contribution in [0, 0.1) is 0 Å². The van der Waals surface area contributed by atoms with Crippen LogP contribution in [-0.2, 0) is 7.05 Å². The van der Waals surface area contributed by atoms with Gasteiger partial charge in [0.1, 0.15) is 0 Å². The molecular weight excluding hydrogens is 175 g/mol. The molecule has 0 fully saturated rings. The van der Waals surface area contributed by atoms with Crippen LogP contribution in [0.4, 0.5) is 0 Å². The highest BCUT2D eigenvalue weighted by Crippen LogP contribution is 2.01. The van der Waals surface area contributed by atoms with E-state index in [1.807, 2.05) is 45.4 Å². The molecule has 1 rings (SSSR count). The van der Waals surface area contributed by atoms with E-state index in [1.54, 1.807) is 10.6 Å². The second-order valence-electron chi connectivity index (χ2n) is 3.47. The van der Waals surface area contributed by atoms with Gasteiger partial charge in [-0.25, -0.2) is 0 Å². The summed E-state index contributed by atoms with van der Waals surface area (Å²) in [6.07, 6.45) is 1.90. The molecule has 2 radical (unpaired) electrons. The Morgan fingerprint density at radius 3 is 2.29 bits per heavy atom. The number of Topliss-reactive ketones (excluding diaryl/α,β-unsaturated/α-hetero) is 1. The number of hydrogen-bond acceptors (Lipinski definition) is 2. The maximum absolute atomic E-state index is 10.9. The highest BCUT2D eigenvalue weighted by molar-refractivity contribution is 6.23. The summed E-state index contributed by atoms with van der Waals surface area (Å²) in [5.74, 6) is -0.0208. The summed E-state index contributed by atoms with van der Waals surface area (Å²) in [5, 5.41) is 0. The zero-order valence-electron chi connectivity index (χ0n) is 9.32. The first-order chi connectivity index (χ1) is 6.49. The Kier molecular flexibility index (Phi) is 5.96. The highest BCUT2D eigenvalue weighted by Gasteiger charge is 2.03. The van der Waals surface area contributed by atoms with Crippen LogP contribution >= 0.6 is 0 Å². The van der Waals surface area contributed by atoms with Crippen molar-refractivity contribution < 1.29 is 4.79 Å². The lowest BCUT2D eigenvalue weighted by atomic mass is 9.99. The van der Waals surface area contributed by atoms with Gasteiger partial charge in [-0.2, -0.15) is 0 Å². The Balaban J connectivity index is 0.000000364. The lowest BCUT2D eigenvalue weighted by Crippen LogP contribution is -2.03. The van der Waals surface area contributed by atoms with Crippen molar-refractivity contribution in [2.75, 3.05) is 21.1 Å². The molecule has 0 N–H and O–H groups in total. The normalized spacial score (nSPS) is 9.50. The van der Waals surface area contributed by atoms with Crippen molar-refractivity contribution in [3.05, 3.63) is 24.0 Å². The van der Waals surface area contributed by atoms with E-state index in [-0.39, 0.29) is 12.1 Å². The summed E-state index contributed by atoms with van der Waals surface area (Å²) in [5.41, 5.74) is 0.669. The molecule has 4 heteroatoms. The van der Waals surface area contributed by atoms with Crippen LogP contribution in [0.2, 0.25) is 6.32 Å². The molecule has 0 aliphatic carbocycles. The molecule has 0 unspecified atom stereocenters. The monoisotopic (exact) mass is 192 g/mol. The molecule has 0 aromatic carbocycles. The zero-order valence-corrected chi connectivity index (χ0v) is 9.32. The second-order valence-corrected chi connectivity index (χ2v) is 3.47. The van der Waals surface area contributed by atoms with Gasteiger partial charge >= 0.3 is 0 Å². The van der Waals surface area contributed by atoms with Crippen LogP contribution in [0.5, 0.6) is 0 Å². The van der Waals surface area contributed by atoms with Crippen molar-refractivity contribution in [3.8, 4) is 0 Å². The van der Waals surface area contributed by atoms with Crippen LogP contribution in [-0.4, -0.2) is 44.2 Å². The third kappa shape index (κ3) is 4.87. The van der Waals surface area contributed by atoms with E-state index in [0.717, 1.165) is 0 Å². The largest absolute Gasteiger partial charge is 0.348 e. The summed E-state index contributed by atoms with van der Waals surface area (Å²) >= 11 is 0. The minimum absolute atomic E-state index is 0.0208. The smallest absolute Gasteiger partial charge is 0.170 e. The SMILES string of the molecule is CN(C)C.[B]CC(=O)c1cccn1C. The molecule has 0 saturated carbocycles. The second kappa shape index (κ2) is 6.43. The molecule has 1 aromatic heterocycles. The molecule has 0 aliphatic rings. The maximum atomic E-state index is 10.9. The first-order valence-corrected chi connectivity index (χ1v) is 4.44. The predicted octanol–water partition coefficient (Wildman–Crippen LogP) is 0.972. The topological polar surface area (TPSA) is 25.2 Å². The molecule has 0 atom stereocenters. The minimum Gasteiger partial charge on any atom is -0.348 e. The standard InChI is InChI=1S/C7H8BNO.C3H9N/c1-9-4-2-3-6(9)7(10)5-8;1-4(2)3/h2-4H,5H2,1H3;1-3H3. The molecule has 0 spiro atoms. The quantitative estimate of drug-likeness (QED) is 0.515. The number of carbonyl (C=O) groups excluding carboxylic acids is 1. The van der Waals surface area contributed by atoms with E-state index >= 15 is 0 Å². The van der Waals surface area contributed by atoms with Crippen molar-refractivity contribution in [2.45, 2.75) is 6.32 Å². The van der Waals surface area contributed by atoms with Crippen LogP contribution in [0.25, 0.3) is 0 Å². The molecule has 14 heavy (non-hydrogen) atoms. The van der Waals surface area contributed by atoms with Crippen molar-refractivity contribution in [1.29, 1.82) is 0 Å². The minimum atomic E-state index is -0.0208. The Morgan fingerprint density at radius 1 is 1.50 bits per heavy atom. The molecule has 1 heterocycles. The van der Waals surface area contributed by atoms with Gasteiger partial charge in [0, 0.05) is 13.2 Å². The maximum Gasteiger partial charge on any atom is 0.170 e. The number of aromatic nitrogens is 1. The lowest BCUT2D eigenvalue weighted by molar-refractivity contribution is 0.101. The van der Waals surface area contributed by atoms with E-state index in [0.29, 0.717) is 5.69 Å². The summed E-state index contributed by atoms with van der Waals surface area (Å²) in [7, 11) is 13.0. The van der Waals surface area contributed by atoms with E-state index in [2.05, 4.69) is 0 Å². The van der Waals surface area contributed by atoms with E-state index in [9.17, 15) is 4.79 Å². The van der Waals surface area contributed by atoms with Gasteiger partial charge in [0.05, 0.1) is 13.5 Å². The number of ketones is 1. The van der Waals surface area contributed by atoms with Gasteiger partial charge < -0.3 is 9.47 Å². The number of aryl methyl sites for hydroxylation is 1. The molecular formula is C10H17BN2O. The summed E-state index contributed by atoms with van der Waals surface area (Å²) in [4.78, 5) is 12.9. The highest BCUT2D eigenvalue weighted by atomic mass is 16.1. The molecule has 1 aromatic rings. The molecule has 0 bridgehead atoms. The number of rotatable bonds is 2. The van der Waals surface area contributed by atoms with Crippen molar-refractivity contribution >= 4 is 13.6 Å². The number of carbonyl (C=O) groups is 1. The van der Waals surface area contributed by atoms with Gasteiger partial charge in [0.2, 0.25) is 0 Å². The molecule has 0 aliphatic heterocycles. The van der Waals surface area contributed by atoms with Crippen LogP contribution in [0.1, 0.15) is 10.5 Å². The number of nitrogens with zero attached hydrogens (tertiary/aromatic N) is 2. The first kappa shape index (κ1) is 13.0.